The standard InChI is InChI=1S/C26H31N3O2/c1-3-4-10-17-28(25(30)21-15-16-21)19(2)24-27-23-14-9-8-13-22(23)26(31)29(24)18-20-11-6-5-7-12-20/h5-9,11-14,19,21H,3-4,10,15-18H2,1-2H3. The van der Waals surface area contributed by atoms with Crippen LogP contribution in [-0.4, -0.2) is 26.9 Å². The molecule has 5 heteroatoms. The van der Waals surface area contributed by atoms with Crippen LogP contribution in [-0.2, 0) is 11.3 Å². The molecule has 1 unspecified atom stereocenters. The fraction of sp³-hybridized carbons (Fsp3) is 0.423. The molecule has 0 saturated heterocycles. The summed E-state index contributed by atoms with van der Waals surface area (Å²) in [7, 11) is 0. The molecule has 1 aromatic heterocycles. The summed E-state index contributed by atoms with van der Waals surface area (Å²) in [5.41, 5.74) is 1.68. The number of amides is 1. The molecule has 1 aliphatic carbocycles. The number of fused-ring (bicyclic) bond motifs is 1. The van der Waals surface area contributed by atoms with Gasteiger partial charge in [-0.3, -0.25) is 14.2 Å². The second kappa shape index (κ2) is 9.46. The summed E-state index contributed by atoms with van der Waals surface area (Å²) in [4.78, 5) is 33.5. The third-order valence-electron chi connectivity index (χ3n) is 6.13. The van der Waals surface area contributed by atoms with Crippen LogP contribution in [0.1, 0.15) is 63.4 Å². The fourth-order valence-electron chi connectivity index (χ4n) is 4.15. The van der Waals surface area contributed by atoms with Gasteiger partial charge < -0.3 is 4.90 Å². The van der Waals surface area contributed by atoms with Gasteiger partial charge in [0.25, 0.3) is 5.56 Å². The molecule has 0 bridgehead atoms. The Labute approximate surface area is 183 Å². The van der Waals surface area contributed by atoms with E-state index in [4.69, 9.17) is 4.98 Å². The molecule has 0 spiro atoms. The van der Waals surface area contributed by atoms with Crippen molar-refractivity contribution in [2.45, 2.75) is 58.5 Å². The average molecular weight is 418 g/mol. The van der Waals surface area contributed by atoms with E-state index in [9.17, 15) is 9.59 Å². The number of benzene rings is 2. The van der Waals surface area contributed by atoms with Crippen LogP contribution in [0.15, 0.2) is 59.4 Å². The van der Waals surface area contributed by atoms with Crippen LogP contribution in [0.4, 0.5) is 0 Å². The number of nitrogens with zero attached hydrogens (tertiary/aromatic N) is 3. The van der Waals surface area contributed by atoms with Gasteiger partial charge in [-0.05, 0) is 43.9 Å². The van der Waals surface area contributed by atoms with Gasteiger partial charge in [0.1, 0.15) is 5.82 Å². The average Bonchev–Trinajstić information content (AvgIpc) is 3.64. The van der Waals surface area contributed by atoms with Gasteiger partial charge in [-0.2, -0.15) is 0 Å². The predicted octanol–water partition coefficient (Wildman–Crippen LogP) is 4.93. The zero-order valence-electron chi connectivity index (χ0n) is 18.5. The van der Waals surface area contributed by atoms with Crippen LogP contribution in [0.2, 0.25) is 0 Å². The Hall–Kier alpha value is -2.95. The first kappa shape index (κ1) is 21.3. The maximum absolute atomic E-state index is 13.5. The Morgan fingerprint density at radius 3 is 2.52 bits per heavy atom. The first-order chi connectivity index (χ1) is 15.1. The Morgan fingerprint density at radius 1 is 1.10 bits per heavy atom. The molecule has 31 heavy (non-hydrogen) atoms. The minimum Gasteiger partial charge on any atom is -0.333 e. The molecule has 1 saturated carbocycles. The highest BCUT2D eigenvalue weighted by atomic mass is 16.2. The van der Waals surface area contributed by atoms with Crippen LogP contribution >= 0.6 is 0 Å². The highest BCUT2D eigenvalue weighted by molar-refractivity contribution is 5.81. The summed E-state index contributed by atoms with van der Waals surface area (Å²) in [5.74, 6) is 1.01. The zero-order chi connectivity index (χ0) is 21.8. The van der Waals surface area contributed by atoms with Crippen molar-refractivity contribution in [1.82, 2.24) is 14.5 Å². The van der Waals surface area contributed by atoms with Gasteiger partial charge in [0.15, 0.2) is 0 Å². The number of aromatic nitrogens is 2. The van der Waals surface area contributed by atoms with E-state index in [2.05, 4.69) is 6.92 Å². The molecular weight excluding hydrogens is 386 g/mol. The fourth-order valence-corrected chi connectivity index (χ4v) is 4.15. The third-order valence-corrected chi connectivity index (χ3v) is 6.13. The predicted molar refractivity (Wildman–Crippen MR) is 124 cm³/mol. The van der Waals surface area contributed by atoms with E-state index in [1.54, 1.807) is 4.57 Å². The summed E-state index contributed by atoms with van der Waals surface area (Å²) >= 11 is 0. The Kier molecular flexibility index (Phi) is 6.50. The van der Waals surface area contributed by atoms with Gasteiger partial charge >= 0.3 is 0 Å². The van der Waals surface area contributed by atoms with Crippen LogP contribution in [0.25, 0.3) is 10.9 Å². The first-order valence-corrected chi connectivity index (χ1v) is 11.4. The summed E-state index contributed by atoms with van der Waals surface area (Å²) in [6.07, 6.45) is 5.10. The van der Waals surface area contributed by atoms with Crippen molar-refractivity contribution < 1.29 is 4.79 Å². The molecule has 3 aromatic rings. The third kappa shape index (κ3) is 4.71. The van der Waals surface area contributed by atoms with Crippen molar-refractivity contribution in [3.05, 3.63) is 76.3 Å². The maximum Gasteiger partial charge on any atom is 0.261 e. The van der Waals surface area contributed by atoms with Gasteiger partial charge in [0.2, 0.25) is 5.91 Å². The second-order valence-corrected chi connectivity index (χ2v) is 8.55. The number of carbonyl (C=O) groups is 1. The molecule has 0 aliphatic heterocycles. The summed E-state index contributed by atoms with van der Waals surface area (Å²) in [6, 6.07) is 17.2. The van der Waals surface area contributed by atoms with E-state index >= 15 is 0 Å². The monoisotopic (exact) mass is 417 g/mol. The molecule has 1 amide bonds. The van der Waals surface area contributed by atoms with Crippen molar-refractivity contribution in [1.29, 1.82) is 0 Å². The van der Waals surface area contributed by atoms with Crippen LogP contribution in [0.3, 0.4) is 0 Å². The molecule has 2 aromatic carbocycles. The minimum absolute atomic E-state index is 0.0521. The largest absolute Gasteiger partial charge is 0.333 e. The quantitative estimate of drug-likeness (QED) is 0.464. The molecule has 0 N–H and O–H groups in total. The molecule has 1 fully saturated rings. The summed E-state index contributed by atoms with van der Waals surface area (Å²) in [5, 5.41) is 0.612. The van der Waals surface area contributed by atoms with Crippen molar-refractivity contribution in [2.75, 3.05) is 6.54 Å². The van der Waals surface area contributed by atoms with Crippen molar-refractivity contribution in [2.24, 2.45) is 5.92 Å². The highest BCUT2D eigenvalue weighted by Crippen LogP contribution is 2.34. The van der Waals surface area contributed by atoms with Crippen molar-refractivity contribution in [3.8, 4) is 0 Å². The number of hydrogen-bond acceptors (Lipinski definition) is 3. The maximum atomic E-state index is 13.5. The Bertz CT molecular complexity index is 1100. The van der Waals surface area contributed by atoms with E-state index in [0.717, 1.165) is 37.7 Å². The topological polar surface area (TPSA) is 55.2 Å². The van der Waals surface area contributed by atoms with Gasteiger partial charge in [-0.1, -0.05) is 62.2 Å². The number of carbonyl (C=O) groups excluding carboxylic acids is 1. The highest BCUT2D eigenvalue weighted by Gasteiger charge is 2.36. The van der Waals surface area contributed by atoms with Crippen LogP contribution < -0.4 is 5.56 Å². The van der Waals surface area contributed by atoms with E-state index in [1.807, 2.05) is 66.4 Å². The van der Waals surface area contributed by atoms with Crippen LogP contribution in [0, 0.1) is 5.92 Å². The van der Waals surface area contributed by atoms with Crippen molar-refractivity contribution >= 4 is 16.8 Å². The molecule has 162 valence electrons. The first-order valence-electron chi connectivity index (χ1n) is 11.4. The Morgan fingerprint density at radius 2 is 1.81 bits per heavy atom. The molecule has 1 heterocycles. The molecule has 0 radical (unpaired) electrons. The van der Waals surface area contributed by atoms with Gasteiger partial charge in [-0.15, -0.1) is 0 Å². The lowest BCUT2D eigenvalue weighted by Gasteiger charge is -2.31. The lowest BCUT2D eigenvalue weighted by molar-refractivity contribution is -0.135. The smallest absolute Gasteiger partial charge is 0.261 e. The molecule has 1 aliphatic rings. The summed E-state index contributed by atoms with van der Waals surface area (Å²) in [6.45, 7) is 5.33. The molecule has 4 rings (SSSR count). The minimum atomic E-state index is -0.258. The number of para-hydroxylation sites is 1. The van der Waals surface area contributed by atoms with E-state index < -0.39 is 0 Å². The number of rotatable bonds is 9. The second-order valence-electron chi connectivity index (χ2n) is 8.55. The van der Waals surface area contributed by atoms with Gasteiger partial charge in [0, 0.05) is 12.5 Å². The lowest BCUT2D eigenvalue weighted by Crippen LogP contribution is -2.39. The molecule has 5 nitrogen and oxygen atoms in total. The van der Waals surface area contributed by atoms with Gasteiger partial charge in [-0.25, -0.2) is 4.98 Å². The Balaban J connectivity index is 1.78. The van der Waals surface area contributed by atoms with Crippen LogP contribution in [0.5, 0.6) is 0 Å². The normalized spacial score (nSPS) is 14.5. The van der Waals surface area contributed by atoms with Gasteiger partial charge in [0.05, 0.1) is 23.5 Å². The molecule has 1 atom stereocenters. The SMILES string of the molecule is CCCCCN(C(=O)C1CC1)C(C)c1nc2ccccc2c(=O)n1Cc1ccccc1. The lowest BCUT2D eigenvalue weighted by atomic mass is 10.1. The van der Waals surface area contributed by atoms with E-state index in [1.165, 1.54) is 0 Å². The summed E-state index contributed by atoms with van der Waals surface area (Å²) < 4.78 is 1.76. The number of unbranched alkanes of at least 4 members (excludes halogenated alkanes) is 2. The van der Waals surface area contributed by atoms with Crippen molar-refractivity contribution in [3.63, 3.8) is 0 Å². The van der Waals surface area contributed by atoms with E-state index in [-0.39, 0.29) is 23.4 Å². The number of hydrogen-bond donors (Lipinski definition) is 0. The van der Waals surface area contributed by atoms with E-state index in [0.29, 0.717) is 29.8 Å². The zero-order valence-corrected chi connectivity index (χ0v) is 18.5. The molecular formula is C26H31N3O2.